The summed E-state index contributed by atoms with van der Waals surface area (Å²) in [4.78, 5) is 20.2. The highest BCUT2D eigenvalue weighted by molar-refractivity contribution is 5.91. The average Bonchev–Trinajstić information content (AvgIpc) is 2.74. The van der Waals surface area contributed by atoms with Gasteiger partial charge in [-0.05, 0) is 24.8 Å². The number of nitrogens with zero attached hydrogens (tertiary/aromatic N) is 3. The molecule has 0 saturated carbocycles. The van der Waals surface area contributed by atoms with Crippen LogP contribution in [-0.4, -0.2) is 14.5 Å². The molecule has 0 fully saturated rings. The van der Waals surface area contributed by atoms with E-state index in [1.807, 2.05) is 0 Å². The first-order valence-corrected chi connectivity index (χ1v) is 5.53. The molecule has 2 heterocycles. The summed E-state index contributed by atoms with van der Waals surface area (Å²) in [5.41, 5.74) is 14.0. The highest BCUT2D eigenvalue weighted by Crippen LogP contribution is 2.28. The van der Waals surface area contributed by atoms with E-state index in [-0.39, 0.29) is 17.3 Å². The van der Waals surface area contributed by atoms with E-state index in [9.17, 15) is 4.79 Å². The summed E-state index contributed by atoms with van der Waals surface area (Å²) in [5.74, 6) is 0.292. The van der Waals surface area contributed by atoms with Crippen molar-refractivity contribution in [3.8, 4) is 0 Å². The quantitative estimate of drug-likeness (QED) is 0.663. The molecule has 0 atom stereocenters. The predicted octanol–water partition coefficient (Wildman–Crippen LogP) is -0.0184. The van der Waals surface area contributed by atoms with Gasteiger partial charge >= 0.3 is 0 Å². The van der Waals surface area contributed by atoms with Gasteiger partial charge in [-0.25, -0.2) is 4.98 Å². The summed E-state index contributed by atoms with van der Waals surface area (Å²) in [6.07, 6.45) is 2.85. The molecule has 6 heteroatoms. The van der Waals surface area contributed by atoms with Gasteiger partial charge < -0.3 is 16.0 Å². The van der Waals surface area contributed by atoms with Gasteiger partial charge in [0, 0.05) is 12.7 Å². The summed E-state index contributed by atoms with van der Waals surface area (Å²) in [5, 5.41) is 0.391. The fraction of sp³-hybridized carbons (Fsp3) is 0.364. The molecule has 2 aromatic rings. The molecule has 0 unspecified atom stereocenters. The lowest BCUT2D eigenvalue weighted by Gasteiger charge is -2.11. The molecule has 1 aliphatic carbocycles. The number of aromatic nitrogens is 3. The van der Waals surface area contributed by atoms with Crippen LogP contribution in [0.5, 0.6) is 0 Å². The molecule has 4 N–H and O–H groups in total. The maximum absolute atomic E-state index is 12.2. The topological polar surface area (TPSA) is 99.8 Å². The molecule has 0 aromatic carbocycles. The van der Waals surface area contributed by atoms with Gasteiger partial charge in [-0.15, -0.1) is 0 Å². The number of hydrogen-bond donors (Lipinski definition) is 2. The van der Waals surface area contributed by atoms with E-state index < -0.39 is 0 Å². The minimum Gasteiger partial charge on any atom is -0.383 e. The van der Waals surface area contributed by atoms with Gasteiger partial charge in [0.1, 0.15) is 11.2 Å². The normalized spacial score (nSPS) is 14.2. The standard InChI is InChI=1S/C11H13N5O/c1-16-6-4-2-3-5(6)8-7(10(16)17)9(12)15-11(13)14-8/h2-4H2,1H3,(H4,12,13,14,15). The van der Waals surface area contributed by atoms with E-state index >= 15 is 0 Å². The van der Waals surface area contributed by atoms with E-state index in [1.54, 1.807) is 11.6 Å². The second-order valence-electron chi connectivity index (χ2n) is 4.33. The van der Waals surface area contributed by atoms with Crippen LogP contribution in [0.4, 0.5) is 11.8 Å². The minimum atomic E-state index is -0.141. The molecule has 17 heavy (non-hydrogen) atoms. The summed E-state index contributed by atoms with van der Waals surface area (Å²) in [7, 11) is 1.77. The zero-order valence-corrected chi connectivity index (χ0v) is 9.53. The number of hydrogen-bond acceptors (Lipinski definition) is 5. The van der Waals surface area contributed by atoms with Crippen molar-refractivity contribution in [2.45, 2.75) is 19.3 Å². The lowest BCUT2D eigenvalue weighted by Crippen LogP contribution is -2.23. The van der Waals surface area contributed by atoms with E-state index in [1.165, 1.54) is 0 Å². The largest absolute Gasteiger partial charge is 0.383 e. The van der Waals surface area contributed by atoms with E-state index in [0.717, 1.165) is 30.5 Å². The molecule has 0 aliphatic heterocycles. The van der Waals surface area contributed by atoms with Crippen LogP contribution in [0.3, 0.4) is 0 Å². The van der Waals surface area contributed by atoms with Crippen molar-refractivity contribution < 1.29 is 0 Å². The number of aryl methyl sites for hydroxylation is 1. The van der Waals surface area contributed by atoms with Crippen LogP contribution in [0, 0.1) is 0 Å². The highest BCUT2D eigenvalue weighted by atomic mass is 16.1. The van der Waals surface area contributed by atoms with Crippen LogP contribution >= 0.6 is 0 Å². The Hall–Kier alpha value is -2.11. The molecule has 3 rings (SSSR count). The predicted molar refractivity (Wildman–Crippen MR) is 65.6 cm³/mol. The molecule has 0 bridgehead atoms. The lowest BCUT2D eigenvalue weighted by atomic mass is 10.1. The van der Waals surface area contributed by atoms with Crippen LogP contribution in [0.2, 0.25) is 0 Å². The fourth-order valence-corrected chi connectivity index (χ4v) is 2.57. The Bertz CT molecular complexity index is 689. The Labute approximate surface area is 97.3 Å². The lowest BCUT2D eigenvalue weighted by molar-refractivity contribution is 0.785. The second-order valence-corrected chi connectivity index (χ2v) is 4.33. The van der Waals surface area contributed by atoms with Gasteiger partial charge in [-0.2, -0.15) is 4.98 Å². The van der Waals surface area contributed by atoms with Crippen LogP contribution in [-0.2, 0) is 19.9 Å². The monoisotopic (exact) mass is 231 g/mol. The third-order valence-electron chi connectivity index (χ3n) is 3.35. The maximum atomic E-state index is 12.2. The van der Waals surface area contributed by atoms with E-state index in [2.05, 4.69) is 9.97 Å². The van der Waals surface area contributed by atoms with Gasteiger partial charge in [-0.1, -0.05) is 0 Å². The molecule has 0 spiro atoms. The summed E-state index contributed by atoms with van der Waals surface area (Å²) in [6.45, 7) is 0. The Kier molecular flexibility index (Phi) is 1.89. The molecule has 0 radical (unpaired) electrons. The summed E-state index contributed by atoms with van der Waals surface area (Å²) < 4.78 is 1.65. The van der Waals surface area contributed by atoms with Crippen molar-refractivity contribution in [3.63, 3.8) is 0 Å². The van der Waals surface area contributed by atoms with Gasteiger partial charge in [0.05, 0.1) is 5.52 Å². The highest BCUT2D eigenvalue weighted by Gasteiger charge is 2.22. The van der Waals surface area contributed by atoms with Crippen molar-refractivity contribution in [2.24, 2.45) is 7.05 Å². The molecular formula is C11H13N5O. The molecule has 6 nitrogen and oxygen atoms in total. The smallest absolute Gasteiger partial charge is 0.263 e. The van der Waals surface area contributed by atoms with Crippen molar-refractivity contribution in [3.05, 3.63) is 21.6 Å². The van der Waals surface area contributed by atoms with Gasteiger partial charge in [0.15, 0.2) is 0 Å². The second kappa shape index (κ2) is 3.19. The van der Waals surface area contributed by atoms with Crippen molar-refractivity contribution in [1.29, 1.82) is 0 Å². The van der Waals surface area contributed by atoms with Gasteiger partial charge in [-0.3, -0.25) is 4.79 Å². The Morgan fingerprint density at radius 2 is 2.00 bits per heavy atom. The fourth-order valence-electron chi connectivity index (χ4n) is 2.57. The SMILES string of the molecule is Cn1c2c(c3nc(N)nc(N)c3c1=O)CCC2. The molecular weight excluding hydrogens is 218 g/mol. The summed E-state index contributed by atoms with van der Waals surface area (Å²) in [6, 6.07) is 0. The Morgan fingerprint density at radius 1 is 1.24 bits per heavy atom. The van der Waals surface area contributed by atoms with Crippen LogP contribution in [0.1, 0.15) is 17.7 Å². The van der Waals surface area contributed by atoms with E-state index in [4.69, 9.17) is 11.5 Å². The Balaban J connectivity index is 2.60. The van der Waals surface area contributed by atoms with Crippen LogP contribution in [0.15, 0.2) is 4.79 Å². The van der Waals surface area contributed by atoms with Gasteiger partial charge in [0.2, 0.25) is 5.95 Å². The maximum Gasteiger partial charge on any atom is 0.263 e. The third kappa shape index (κ3) is 1.23. The third-order valence-corrected chi connectivity index (χ3v) is 3.35. The first-order chi connectivity index (χ1) is 8.09. The molecule has 1 aliphatic rings. The van der Waals surface area contributed by atoms with Crippen LogP contribution in [0.25, 0.3) is 10.9 Å². The van der Waals surface area contributed by atoms with Crippen LogP contribution < -0.4 is 17.0 Å². The number of fused-ring (bicyclic) bond motifs is 3. The average molecular weight is 231 g/mol. The van der Waals surface area contributed by atoms with Crippen molar-refractivity contribution >= 4 is 22.7 Å². The zero-order chi connectivity index (χ0) is 12.2. The van der Waals surface area contributed by atoms with Gasteiger partial charge in [0.25, 0.3) is 5.56 Å². The first-order valence-electron chi connectivity index (χ1n) is 5.53. The first kappa shape index (κ1) is 10.1. The van der Waals surface area contributed by atoms with Crippen molar-refractivity contribution in [1.82, 2.24) is 14.5 Å². The minimum absolute atomic E-state index is 0.123. The molecule has 2 aromatic heterocycles. The Morgan fingerprint density at radius 3 is 2.76 bits per heavy atom. The number of anilines is 2. The van der Waals surface area contributed by atoms with Crippen molar-refractivity contribution in [2.75, 3.05) is 11.5 Å². The van der Waals surface area contributed by atoms with E-state index in [0.29, 0.717) is 10.9 Å². The number of pyridine rings is 1. The molecule has 0 amide bonds. The number of rotatable bonds is 0. The number of nitrogens with two attached hydrogens (primary N) is 2. The molecule has 0 saturated heterocycles. The zero-order valence-electron chi connectivity index (χ0n) is 9.53. The molecule has 88 valence electrons. The summed E-state index contributed by atoms with van der Waals surface area (Å²) >= 11 is 0. The number of nitrogen functional groups attached to an aromatic ring is 2.